The van der Waals surface area contributed by atoms with Crippen molar-refractivity contribution < 1.29 is 33.3 Å². The van der Waals surface area contributed by atoms with Gasteiger partial charge in [-0.05, 0) is 44.5 Å². The second-order valence-electron chi connectivity index (χ2n) is 19.3. The molecule has 0 radical (unpaired) electrons. The summed E-state index contributed by atoms with van der Waals surface area (Å²) >= 11 is 0. The molecule has 63 heavy (non-hydrogen) atoms. The summed E-state index contributed by atoms with van der Waals surface area (Å²) in [5.74, 6) is -1.84. The van der Waals surface area contributed by atoms with Crippen molar-refractivity contribution >= 4 is 11.8 Å². The zero-order chi connectivity index (χ0) is 41.7. The smallest absolute Gasteiger partial charge is 0.242 e. The van der Waals surface area contributed by atoms with Gasteiger partial charge in [0.05, 0.1) is 37.6 Å². The van der Waals surface area contributed by atoms with Crippen molar-refractivity contribution in [2.45, 2.75) is 46.8 Å². The number of methoxy groups -OCH3 is 1. The fourth-order valence-corrected chi connectivity index (χ4v) is 16.2. The summed E-state index contributed by atoms with van der Waals surface area (Å²) in [6.07, 6.45) is -2.94. The quantitative estimate of drug-likeness (QED) is 0.155. The van der Waals surface area contributed by atoms with E-state index in [4.69, 9.17) is 23.7 Å². The number of carbonyl (C=O) groups excluding carboxylic acids is 2. The lowest BCUT2D eigenvalue weighted by Gasteiger charge is -2.56. The van der Waals surface area contributed by atoms with Crippen LogP contribution in [-0.2, 0) is 55.7 Å². The first-order valence-electron chi connectivity index (χ1n) is 22.5. The first kappa shape index (κ1) is 35.7. The van der Waals surface area contributed by atoms with Crippen molar-refractivity contribution in [3.8, 4) is 0 Å². The SMILES string of the molecule is COCCN1C(=O)C23[C@@H]4O[C@@H]([C@@H]5[C@H]4[C@]4(c6ccccc6)O[C@@]5(c5ccccc5)c5ccccc54)C2(C1=O)[C@@H]1O[C@H]3[C@@H]2[C@H]1[C@]1(c3ccccc3)O[C@@]2(c2ccccc2)c2ccccc21. The standard InChI is InChI=1S/C55H43NO7/c1-59-31-30-56-48(57)50-44-40-41(53(33-20-8-3-9-21-33)37-27-15-14-26-36(37)52(40,62-53)32-18-6-2-7-19-32)45(60-44)51(50,49(56)58)47-43-42(46(50)61-47)54(34-22-10-4-11-23-34)38-28-16-17-29-39(38)55(43,63-54)35-24-12-5-13-25-35/h2-29,40-47H,30-31H2,1H3/t40-,41+,42+,43-,44-,45+,46+,47-,50?,51?,52-,53+,54+,55-. The number of benzene rings is 6. The molecule has 9 aliphatic heterocycles. The highest BCUT2D eigenvalue weighted by Crippen LogP contribution is 2.89. The molecule has 14 atom stereocenters. The summed E-state index contributed by atoms with van der Waals surface area (Å²) in [7, 11) is 1.62. The van der Waals surface area contributed by atoms with Gasteiger partial charge >= 0.3 is 0 Å². The first-order chi connectivity index (χ1) is 31.0. The maximum Gasteiger partial charge on any atom is 0.242 e. The van der Waals surface area contributed by atoms with Gasteiger partial charge in [0.1, 0.15) is 33.2 Å². The lowest BCUT2D eigenvalue weighted by molar-refractivity contribution is -0.166. The van der Waals surface area contributed by atoms with E-state index >= 15 is 9.59 Å². The van der Waals surface area contributed by atoms with Crippen LogP contribution in [0.25, 0.3) is 0 Å². The van der Waals surface area contributed by atoms with Gasteiger partial charge in [-0.25, -0.2) is 0 Å². The molecule has 15 rings (SSSR count). The maximum atomic E-state index is 16.4. The van der Waals surface area contributed by atoms with Crippen LogP contribution in [0.15, 0.2) is 170 Å². The van der Waals surface area contributed by atoms with Gasteiger partial charge in [0.25, 0.3) is 0 Å². The number of hydrogen-bond donors (Lipinski definition) is 0. The van der Waals surface area contributed by atoms with Crippen molar-refractivity contribution in [2.24, 2.45) is 34.5 Å². The van der Waals surface area contributed by atoms with Gasteiger partial charge in [-0.1, -0.05) is 170 Å². The number of nitrogens with zero attached hydrogens (tertiary/aromatic N) is 1. The van der Waals surface area contributed by atoms with E-state index in [-0.39, 0.29) is 48.6 Å². The van der Waals surface area contributed by atoms with E-state index in [9.17, 15) is 0 Å². The molecule has 8 nitrogen and oxygen atoms in total. The van der Waals surface area contributed by atoms with Gasteiger partial charge in [-0.3, -0.25) is 14.5 Å². The van der Waals surface area contributed by atoms with Gasteiger partial charge in [0.2, 0.25) is 11.8 Å². The van der Waals surface area contributed by atoms with Crippen LogP contribution in [0.5, 0.6) is 0 Å². The number of rotatable bonds is 7. The van der Waals surface area contributed by atoms with Crippen LogP contribution in [0.2, 0.25) is 0 Å². The Labute approximate surface area is 364 Å². The Balaban J connectivity index is 1.05. The number of carbonyl (C=O) groups is 2. The van der Waals surface area contributed by atoms with E-state index in [0.29, 0.717) is 0 Å². The molecule has 6 aromatic rings. The molecule has 0 saturated carbocycles. The molecule has 6 aromatic carbocycles. The van der Waals surface area contributed by atoms with Crippen LogP contribution in [0.4, 0.5) is 0 Å². The first-order valence-corrected chi connectivity index (χ1v) is 22.5. The van der Waals surface area contributed by atoms with Gasteiger partial charge in [-0.15, -0.1) is 0 Å². The Kier molecular flexibility index (Phi) is 6.51. The minimum Gasteiger partial charge on any atom is -0.383 e. The number of likely N-dealkylation sites (tertiary alicyclic amines) is 1. The Morgan fingerprint density at radius 3 is 0.968 bits per heavy atom. The van der Waals surface area contributed by atoms with Crippen LogP contribution < -0.4 is 0 Å². The molecule has 8 heteroatoms. The van der Waals surface area contributed by atoms with E-state index < -0.39 is 57.7 Å². The number of ether oxygens (including phenoxy) is 5. The normalized spacial score (nSPS) is 41.8. The Hall–Kier alpha value is -5.74. The molecular weight excluding hydrogens is 787 g/mol. The van der Waals surface area contributed by atoms with E-state index in [1.807, 2.05) is 24.3 Å². The third-order valence-corrected chi connectivity index (χ3v) is 17.6. The minimum absolute atomic E-state index is 0.149. The zero-order valence-corrected chi connectivity index (χ0v) is 34.5. The second-order valence-corrected chi connectivity index (χ2v) is 19.3. The highest BCUT2D eigenvalue weighted by molar-refractivity contribution is 6.13. The molecule has 7 fully saturated rings. The molecule has 7 saturated heterocycles. The fourth-order valence-electron chi connectivity index (χ4n) is 16.2. The summed E-state index contributed by atoms with van der Waals surface area (Å²) in [5, 5.41) is 0. The summed E-state index contributed by atoms with van der Waals surface area (Å²) < 4.78 is 37.1. The molecule has 2 unspecified atom stereocenters. The van der Waals surface area contributed by atoms with Crippen LogP contribution in [0, 0.1) is 34.5 Å². The lowest BCUT2D eigenvalue weighted by atomic mass is 9.38. The molecule has 9 aliphatic rings. The van der Waals surface area contributed by atoms with Gasteiger partial charge < -0.3 is 23.7 Å². The summed E-state index contributed by atoms with van der Waals surface area (Å²) in [5.41, 5.74) is 1.60. The Bertz CT molecular complexity index is 2580. The predicted octanol–water partition coefficient (Wildman–Crippen LogP) is 7.46. The summed E-state index contributed by atoms with van der Waals surface area (Å²) in [4.78, 5) is 34.2. The third kappa shape index (κ3) is 3.38. The van der Waals surface area contributed by atoms with Gasteiger partial charge in [0.15, 0.2) is 0 Å². The summed E-state index contributed by atoms with van der Waals surface area (Å²) in [6.45, 7) is 0.374. The van der Waals surface area contributed by atoms with Crippen molar-refractivity contribution in [1.29, 1.82) is 0 Å². The van der Waals surface area contributed by atoms with E-state index in [0.717, 1.165) is 44.5 Å². The van der Waals surface area contributed by atoms with Crippen LogP contribution in [-0.4, -0.2) is 61.4 Å². The van der Waals surface area contributed by atoms with Gasteiger partial charge in [0, 0.05) is 30.8 Å². The number of hydrogen-bond acceptors (Lipinski definition) is 7. The van der Waals surface area contributed by atoms with Crippen molar-refractivity contribution in [1.82, 2.24) is 4.90 Å². The highest BCUT2D eigenvalue weighted by atomic mass is 16.6. The molecule has 0 aliphatic carbocycles. The van der Waals surface area contributed by atoms with Crippen LogP contribution in [0.3, 0.4) is 0 Å². The molecule has 9 heterocycles. The topological polar surface area (TPSA) is 83.5 Å². The lowest BCUT2D eigenvalue weighted by Crippen LogP contribution is -2.71. The van der Waals surface area contributed by atoms with Crippen molar-refractivity contribution in [3.05, 3.63) is 214 Å². The van der Waals surface area contributed by atoms with Crippen molar-refractivity contribution in [3.63, 3.8) is 0 Å². The largest absolute Gasteiger partial charge is 0.383 e. The zero-order valence-electron chi connectivity index (χ0n) is 34.5. The molecule has 310 valence electrons. The molecular formula is C55H43NO7. The molecule has 2 amide bonds. The average molecular weight is 830 g/mol. The molecule has 8 bridgehead atoms. The fraction of sp³-hybridized carbons (Fsp3) is 0.309. The van der Waals surface area contributed by atoms with E-state index in [1.54, 1.807) is 7.11 Å². The molecule has 0 aromatic heterocycles. The van der Waals surface area contributed by atoms with Crippen LogP contribution in [0.1, 0.15) is 44.5 Å². The number of imide groups is 1. The van der Waals surface area contributed by atoms with Gasteiger partial charge in [-0.2, -0.15) is 0 Å². The number of fused-ring (bicyclic) bond motifs is 24. The molecule has 0 N–H and O–H groups in total. The average Bonchev–Trinajstić information content (AvgIpc) is 4.23. The maximum absolute atomic E-state index is 16.4. The highest BCUT2D eigenvalue weighted by Gasteiger charge is 3.01. The predicted molar refractivity (Wildman–Crippen MR) is 229 cm³/mol. The Morgan fingerprint density at radius 1 is 0.429 bits per heavy atom. The van der Waals surface area contributed by atoms with Crippen LogP contribution >= 0.6 is 0 Å². The Morgan fingerprint density at radius 2 is 0.698 bits per heavy atom. The number of amides is 2. The third-order valence-electron chi connectivity index (χ3n) is 17.6. The summed E-state index contributed by atoms with van der Waals surface area (Å²) in [6, 6.07) is 59.2. The van der Waals surface area contributed by atoms with Crippen molar-refractivity contribution in [2.75, 3.05) is 20.3 Å². The second kappa shape index (κ2) is 11.5. The molecule has 0 spiro atoms. The van der Waals surface area contributed by atoms with E-state index in [2.05, 4.69) is 146 Å². The van der Waals surface area contributed by atoms with E-state index in [1.165, 1.54) is 4.90 Å². The minimum atomic E-state index is -1.39. The monoisotopic (exact) mass is 829 g/mol.